The van der Waals surface area contributed by atoms with E-state index in [4.69, 9.17) is 5.26 Å². The van der Waals surface area contributed by atoms with Gasteiger partial charge in [-0.25, -0.2) is 4.68 Å². The number of aryl methyl sites for hydroxylation is 3. The van der Waals surface area contributed by atoms with Gasteiger partial charge in [-0.2, -0.15) is 10.4 Å². The number of rotatable bonds is 4. The molecule has 1 amide bonds. The van der Waals surface area contributed by atoms with E-state index in [1.165, 1.54) is 0 Å². The molecule has 3 rings (SSSR count). The Morgan fingerprint density at radius 3 is 2.48 bits per heavy atom. The molecule has 5 heteroatoms. The highest BCUT2D eigenvalue weighted by molar-refractivity contribution is 5.76. The Kier molecular flexibility index (Phi) is 5.18. The molecule has 1 aliphatic heterocycles. The van der Waals surface area contributed by atoms with Crippen LogP contribution in [0, 0.1) is 31.1 Å². The van der Waals surface area contributed by atoms with Crippen molar-refractivity contribution in [2.75, 3.05) is 13.1 Å². The van der Waals surface area contributed by atoms with E-state index >= 15 is 0 Å². The SMILES string of the molecule is Cc1cc(C)n(-c2ccc(CCC(=O)N3CCC(C#N)CC3)cc2)n1. The number of hydrogen-bond donors (Lipinski definition) is 0. The van der Waals surface area contributed by atoms with Gasteiger partial charge in [0.05, 0.1) is 17.5 Å². The second-order valence-electron chi connectivity index (χ2n) is 6.79. The van der Waals surface area contributed by atoms with Crippen molar-refractivity contribution in [1.29, 1.82) is 5.26 Å². The van der Waals surface area contributed by atoms with Gasteiger partial charge >= 0.3 is 0 Å². The first-order valence-electron chi connectivity index (χ1n) is 8.87. The summed E-state index contributed by atoms with van der Waals surface area (Å²) in [6.07, 6.45) is 2.88. The molecule has 0 N–H and O–H groups in total. The molecule has 2 aromatic rings. The Balaban J connectivity index is 1.55. The molecule has 0 bridgehead atoms. The number of benzene rings is 1. The molecule has 0 atom stereocenters. The fourth-order valence-electron chi connectivity index (χ4n) is 3.36. The molecule has 2 heterocycles. The zero-order valence-electron chi connectivity index (χ0n) is 14.9. The molecule has 5 nitrogen and oxygen atoms in total. The summed E-state index contributed by atoms with van der Waals surface area (Å²) in [4.78, 5) is 14.2. The van der Waals surface area contributed by atoms with E-state index in [0.29, 0.717) is 19.5 Å². The number of nitriles is 1. The van der Waals surface area contributed by atoms with Gasteiger partial charge in [0.2, 0.25) is 5.91 Å². The van der Waals surface area contributed by atoms with Gasteiger partial charge < -0.3 is 4.90 Å². The van der Waals surface area contributed by atoms with Gasteiger partial charge in [0.1, 0.15) is 0 Å². The molecule has 0 saturated carbocycles. The molecule has 0 aliphatic carbocycles. The van der Waals surface area contributed by atoms with Gasteiger partial charge in [-0.05, 0) is 56.9 Å². The predicted octanol–water partition coefficient (Wildman–Crippen LogP) is 3.18. The largest absolute Gasteiger partial charge is 0.343 e. The fraction of sp³-hybridized carbons (Fsp3) is 0.450. The number of likely N-dealkylation sites (tertiary alicyclic amines) is 1. The lowest BCUT2D eigenvalue weighted by atomic mass is 9.98. The Hall–Kier alpha value is -2.61. The number of nitrogens with zero attached hydrogens (tertiary/aromatic N) is 4. The summed E-state index contributed by atoms with van der Waals surface area (Å²) in [5.41, 5.74) is 4.32. The van der Waals surface area contributed by atoms with Gasteiger partial charge in [-0.1, -0.05) is 12.1 Å². The molecule has 0 spiro atoms. The number of carbonyl (C=O) groups is 1. The number of amides is 1. The lowest BCUT2D eigenvalue weighted by Crippen LogP contribution is -2.38. The van der Waals surface area contributed by atoms with E-state index in [9.17, 15) is 4.79 Å². The summed E-state index contributed by atoms with van der Waals surface area (Å²) < 4.78 is 1.93. The van der Waals surface area contributed by atoms with E-state index in [1.807, 2.05) is 23.4 Å². The maximum Gasteiger partial charge on any atom is 0.222 e. The quantitative estimate of drug-likeness (QED) is 0.861. The van der Waals surface area contributed by atoms with Gasteiger partial charge in [-0.15, -0.1) is 0 Å². The van der Waals surface area contributed by atoms with Crippen molar-refractivity contribution >= 4 is 5.91 Å². The lowest BCUT2D eigenvalue weighted by Gasteiger charge is -2.29. The minimum Gasteiger partial charge on any atom is -0.343 e. The Morgan fingerprint density at radius 2 is 1.92 bits per heavy atom. The van der Waals surface area contributed by atoms with Crippen LogP contribution in [0.5, 0.6) is 0 Å². The average Bonchev–Trinajstić information content (AvgIpc) is 2.98. The summed E-state index contributed by atoms with van der Waals surface area (Å²) >= 11 is 0. The first-order chi connectivity index (χ1) is 12.1. The van der Waals surface area contributed by atoms with Crippen molar-refractivity contribution in [3.8, 4) is 11.8 Å². The maximum atomic E-state index is 12.3. The molecule has 1 fully saturated rings. The third kappa shape index (κ3) is 4.08. The molecular formula is C20H24N4O. The van der Waals surface area contributed by atoms with Crippen LogP contribution in [-0.4, -0.2) is 33.7 Å². The zero-order valence-corrected chi connectivity index (χ0v) is 14.9. The number of carbonyl (C=O) groups excluding carboxylic acids is 1. The molecule has 130 valence electrons. The van der Waals surface area contributed by atoms with E-state index in [1.54, 1.807) is 0 Å². The van der Waals surface area contributed by atoms with E-state index in [-0.39, 0.29) is 11.8 Å². The first-order valence-corrected chi connectivity index (χ1v) is 8.87. The van der Waals surface area contributed by atoms with Gasteiger partial charge in [0.15, 0.2) is 0 Å². The van der Waals surface area contributed by atoms with Crippen molar-refractivity contribution in [1.82, 2.24) is 14.7 Å². The summed E-state index contributed by atoms with van der Waals surface area (Å²) in [7, 11) is 0. The molecule has 0 unspecified atom stereocenters. The van der Waals surface area contributed by atoms with Gasteiger partial charge in [0.25, 0.3) is 0 Å². The van der Waals surface area contributed by atoms with Crippen molar-refractivity contribution in [3.63, 3.8) is 0 Å². The summed E-state index contributed by atoms with van der Waals surface area (Å²) in [6.45, 7) is 5.47. The smallest absolute Gasteiger partial charge is 0.222 e. The highest BCUT2D eigenvalue weighted by atomic mass is 16.2. The van der Waals surface area contributed by atoms with Crippen LogP contribution in [-0.2, 0) is 11.2 Å². The molecule has 0 radical (unpaired) electrons. The number of hydrogen-bond acceptors (Lipinski definition) is 3. The monoisotopic (exact) mass is 336 g/mol. The van der Waals surface area contributed by atoms with Crippen LogP contribution >= 0.6 is 0 Å². The average molecular weight is 336 g/mol. The lowest BCUT2D eigenvalue weighted by molar-refractivity contribution is -0.132. The van der Waals surface area contributed by atoms with Crippen molar-refractivity contribution in [2.45, 2.75) is 39.5 Å². The molecule has 1 aliphatic rings. The number of piperidine rings is 1. The summed E-state index contributed by atoms with van der Waals surface area (Å²) in [6, 6.07) is 12.6. The molecule has 1 saturated heterocycles. The van der Waals surface area contributed by atoms with Crippen LogP contribution in [0.2, 0.25) is 0 Å². The van der Waals surface area contributed by atoms with Crippen molar-refractivity contribution in [2.24, 2.45) is 5.92 Å². The van der Waals surface area contributed by atoms with E-state index < -0.39 is 0 Å². The van der Waals surface area contributed by atoms with E-state index in [0.717, 1.165) is 41.9 Å². The third-order valence-electron chi connectivity index (χ3n) is 4.85. The number of aromatic nitrogens is 2. The van der Waals surface area contributed by atoms with Crippen molar-refractivity contribution < 1.29 is 4.79 Å². The second kappa shape index (κ2) is 7.52. The minimum atomic E-state index is 0.117. The molecule has 1 aromatic heterocycles. The summed E-state index contributed by atoms with van der Waals surface area (Å²) in [5, 5.41) is 13.4. The normalized spacial score (nSPS) is 15.2. The maximum absolute atomic E-state index is 12.3. The Bertz CT molecular complexity index is 777. The van der Waals surface area contributed by atoms with Gasteiger partial charge in [-0.3, -0.25) is 4.79 Å². The topological polar surface area (TPSA) is 61.9 Å². The first kappa shape index (κ1) is 17.2. The minimum absolute atomic E-state index is 0.117. The van der Waals surface area contributed by atoms with Crippen molar-refractivity contribution in [3.05, 3.63) is 47.3 Å². The zero-order chi connectivity index (χ0) is 17.8. The van der Waals surface area contributed by atoms with Crippen LogP contribution in [0.15, 0.2) is 30.3 Å². The predicted molar refractivity (Wildman–Crippen MR) is 96.3 cm³/mol. The van der Waals surface area contributed by atoms with Gasteiger partial charge in [0, 0.05) is 31.1 Å². The third-order valence-corrected chi connectivity index (χ3v) is 4.85. The van der Waals surface area contributed by atoms with Crippen LogP contribution < -0.4 is 0 Å². The molecule has 1 aromatic carbocycles. The van der Waals surface area contributed by atoms with E-state index in [2.05, 4.69) is 41.5 Å². The second-order valence-corrected chi connectivity index (χ2v) is 6.79. The molecule has 25 heavy (non-hydrogen) atoms. The molecular weight excluding hydrogens is 312 g/mol. The Morgan fingerprint density at radius 1 is 1.24 bits per heavy atom. The summed E-state index contributed by atoms with van der Waals surface area (Å²) in [5.74, 6) is 0.310. The highest BCUT2D eigenvalue weighted by Gasteiger charge is 2.22. The standard InChI is InChI=1S/C20H24N4O/c1-15-13-16(2)24(22-15)19-6-3-17(4-7-19)5-8-20(25)23-11-9-18(14-21)10-12-23/h3-4,6-7,13,18H,5,8-12H2,1-2H3. The van der Waals surface area contributed by atoms with Crippen LogP contribution in [0.3, 0.4) is 0 Å². The van der Waals surface area contributed by atoms with Crippen LogP contribution in [0.4, 0.5) is 0 Å². The Labute approximate surface area is 148 Å². The fourth-order valence-corrected chi connectivity index (χ4v) is 3.36. The van der Waals surface area contributed by atoms with Crippen LogP contribution in [0.1, 0.15) is 36.2 Å². The highest BCUT2D eigenvalue weighted by Crippen LogP contribution is 2.18. The van der Waals surface area contributed by atoms with Crippen LogP contribution in [0.25, 0.3) is 5.69 Å².